The summed E-state index contributed by atoms with van der Waals surface area (Å²) in [6.07, 6.45) is 0. The quantitative estimate of drug-likeness (QED) is 0.291. The molecule has 0 aliphatic rings. The highest BCUT2D eigenvalue weighted by atomic mass is 79.9. The molecule has 0 amide bonds. The van der Waals surface area contributed by atoms with Gasteiger partial charge in [0.2, 0.25) is 0 Å². The van der Waals surface area contributed by atoms with Gasteiger partial charge in [0, 0.05) is 20.8 Å². The summed E-state index contributed by atoms with van der Waals surface area (Å²) in [5.74, 6) is 0. The maximum atomic E-state index is 5.11. The van der Waals surface area contributed by atoms with Crippen LogP contribution >= 0.6 is 27.3 Å². The normalized spacial score (nSPS) is 11.9. The van der Waals surface area contributed by atoms with Crippen molar-refractivity contribution in [2.24, 2.45) is 0 Å². The van der Waals surface area contributed by atoms with Crippen LogP contribution in [-0.4, -0.2) is 14.4 Å². The third-order valence-electron chi connectivity index (χ3n) is 4.88. The Morgan fingerprint density at radius 1 is 0.815 bits per heavy atom. The van der Waals surface area contributed by atoms with E-state index in [1.54, 1.807) is 11.3 Å². The van der Waals surface area contributed by atoms with E-state index in [4.69, 9.17) is 9.97 Å². The number of hydrogen-bond donors (Lipinski definition) is 0. The largest absolute Gasteiger partial charge is 0.267 e. The monoisotopic (exact) mass is 429 g/mol. The summed E-state index contributed by atoms with van der Waals surface area (Å²) in [5, 5.41) is 2.26. The number of fused-ring (bicyclic) bond motifs is 7. The highest BCUT2D eigenvalue weighted by molar-refractivity contribution is 9.10. The minimum absolute atomic E-state index is 0.913. The van der Waals surface area contributed by atoms with Crippen molar-refractivity contribution < 1.29 is 0 Å². The fraction of sp³-hybridized carbons (Fsp3) is 0. The van der Waals surface area contributed by atoms with Crippen molar-refractivity contribution in [2.75, 3.05) is 0 Å². The van der Waals surface area contributed by atoms with E-state index in [0.717, 1.165) is 48.1 Å². The molecule has 6 aromatic rings. The second-order valence-electron chi connectivity index (χ2n) is 6.49. The molecule has 0 bridgehead atoms. The lowest BCUT2D eigenvalue weighted by atomic mass is 10.0. The summed E-state index contributed by atoms with van der Waals surface area (Å²) < 4.78 is 4.45. The van der Waals surface area contributed by atoms with Crippen LogP contribution in [0.1, 0.15) is 0 Å². The van der Waals surface area contributed by atoms with Crippen LogP contribution in [-0.2, 0) is 0 Å². The van der Waals surface area contributed by atoms with Gasteiger partial charge in [-0.3, -0.25) is 4.40 Å². The third kappa shape index (κ3) is 2.19. The predicted octanol–water partition coefficient (Wildman–Crippen LogP) is 6.68. The molecule has 0 unspecified atom stereocenters. The van der Waals surface area contributed by atoms with Crippen LogP contribution in [0.4, 0.5) is 0 Å². The molecule has 128 valence electrons. The second kappa shape index (κ2) is 5.62. The Labute approximate surface area is 167 Å². The van der Waals surface area contributed by atoms with E-state index in [9.17, 15) is 0 Å². The number of para-hydroxylation sites is 1. The van der Waals surface area contributed by atoms with Gasteiger partial charge in [-0.15, -0.1) is 0 Å². The molecule has 0 radical (unpaired) electrons. The summed E-state index contributed by atoms with van der Waals surface area (Å²) >= 11 is 5.29. The zero-order valence-corrected chi connectivity index (χ0v) is 16.5. The highest BCUT2D eigenvalue weighted by Crippen LogP contribution is 2.36. The lowest BCUT2D eigenvalue weighted by Gasteiger charge is -2.08. The van der Waals surface area contributed by atoms with Crippen LogP contribution in [0, 0.1) is 0 Å². The molecule has 0 saturated heterocycles. The molecule has 0 aliphatic heterocycles. The number of halogens is 1. The molecule has 0 atom stereocenters. The van der Waals surface area contributed by atoms with E-state index in [1.165, 1.54) is 4.70 Å². The van der Waals surface area contributed by atoms with Gasteiger partial charge in [-0.2, -0.15) is 0 Å². The Kier molecular flexibility index (Phi) is 3.19. The molecule has 0 N–H and O–H groups in total. The average molecular weight is 430 g/mol. The summed E-state index contributed by atoms with van der Waals surface area (Å²) in [7, 11) is 0. The summed E-state index contributed by atoms with van der Waals surface area (Å²) in [5.41, 5.74) is 5.11. The molecular formula is C22H12BrN3S. The number of pyridine rings is 1. The Balaban J connectivity index is 1.84. The Morgan fingerprint density at radius 3 is 2.52 bits per heavy atom. The van der Waals surface area contributed by atoms with Gasteiger partial charge in [0.05, 0.1) is 15.9 Å². The second-order valence-corrected chi connectivity index (χ2v) is 8.41. The number of aromatic nitrogens is 3. The van der Waals surface area contributed by atoms with Gasteiger partial charge < -0.3 is 0 Å². The van der Waals surface area contributed by atoms with Crippen LogP contribution in [0.3, 0.4) is 0 Å². The van der Waals surface area contributed by atoms with Crippen LogP contribution in [0.2, 0.25) is 0 Å². The molecule has 6 rings (SSSR count). The number of imidazole rings is 1. The molecule has 0 aliphatic carbocycles. The molecular weight excluding hydrogens is 418 g/mol. The SMILES string of the molecule is Brc1cccc(-c2nc3c(nc4sc5ccccc5n43)c3ccccc23)c1. The number of nitrogens with zero attached hydrogens (tertiary/aromatic N) is 3. The average Bonchev–Trinajstić information content (AvgIpc) is 3.23. The van der Waals surface area contributed by atoms with Gasteiger partial charge in [-0.05, 0) is 24.3 Å². The molecule has 0 saturated carbocycles. The lowest BCUT2D eigenvalue weighted by Crippen LogP contribution is -1.91. The summed E-state index contributed by atoms with van der Waals surface area (Å²) in [4.78, 5) is 11.0. The van der Waals surface area contributed by atoms with Crippen molar-refractivity contribution >= 4 is 64.4 Å². The fourth-order valence-electron chi connectivity index (χ4n) is 3.71. The van der Waals surface area contributed by atoms with Gasteiger partial charge in [-0.25, -0.2) is 9.97 Å². The lowest BCUT2D eigenvalue weighted by molar-refractivity contribution is 1.27. The van der Waals surface area contributed by atoms with Crippen molar-refractivity contribution in [3.05, 3.63) is 77.3 Å². The minimum Gasteiger partial charge on any atom is -0.267 e. The van der Waals surface area contributed by atoms with E-state index in [2.05, 4.69) is 81.0 Å². The topological polar surface area (TPSA) is 30.2 Å². The van der Waals surface area contributed by atoms with Crippen molar-refractivity contribution in [1.29, 1.82) is 0 Å². The van der Waals surface area contributed by atoms with Crippen LogP contribution in [0.15, 0.2) is 77.3 Å². The van der Waals surface area contributed by atoms with Crippen LogP contribution in [0.25, 0.3) is 48.4 Å². The Morgan fingerprint density at radius 2 is 1.63 bits per heavy atom. The van der Waals surface area contributed by atoms with Gasteiger partial charge in [-0.1, -0.05) is 75.8 Å². The van der Waals surface area contributed by atoms with E-state index < -0.39 is 0 Å². The first-order valence-corrected chi connectivity index (χ1v) is 10.2. The van der Waals surface area contributed by atoms with Gasteiger partial charge in [0.1, 0.15) is 5.52 Å². The fourth-order valence-corrected chi connectivity index (χ4v) is 5.13. The van der Waals surface area contributed by atoms with Gasteiger partial charge in [0.25, 0.3) is 0 Å². The van der Waals surface area contributed by atoms with E-state index in [1.807, 2.05) is 12.1 Å². The zero-order chi connectivity index (χ0) is 18.0. The maximum Gasteiger partial charge on any atom is 0.197 e. The van der Waals surface area contributed by atoms with Crippen molar-refractivity contribution in [1.82, 2.24) is 14.4 Å². The van der Waals surface area contributed by atoms with E-state index in [-0.39, 0.29) is 0 Å². The number of thiazole rings is 1. The molecule has 5 heteroatoms. The molecule has 3 aromatic heterocycles. The summed E-state index contributed by atoms with van der Waals surface area (Å²) in [6, 6.07) is 25.1. The van der Waals surface area contributed by atoms with Gasteiger partial charge in [0.15, 0.2) is 10.6 Å². The molecule has 3 heterocycles. The molecule has 3 aromatic carbocycles. The van der Waals surface area contributed by atoms with Gasteiger partial charge >= 0.3 is 0 Å². The Hall–Kier alpha value is -2.76. The number of rotatable bonds is 1. The first-order chi connectivity index (χ1) is 13.3. The highest BCUT2D eigenvalue weighted by Gasteiger charge is 2.17. The van der Waals surface area contributed by atoms with Crippen LogP contribution < -0.4 is 0 Å². The molecule has 0 fully saturated rings. The van der Waals surface area contributed by atoms with Crippen LogP contribution in [0.5, 0.6) is 0 Å². The summed E-state index contributed by atoms with van der Waals surface area (Å²) in [6.45, 7) is 0. The minimum atomic E-state index is 0.913. The van der Waals surface area contributed by atoms with Crippen molar-refractivity contribution in [2.45, 2.75) is 0 Å². The van der Waals surface area contributed by atoms with Crippen molar-refractivity contribution in [3.63, 3.8) is 0 Å². The molecule has 0 spiro atoms. The first kappa shape index (κ1) is 15.3. The third-order valence-corrected chi connectivity index (χ3v) is 6.40. The molecule has 27 heavy (non-hydrogen) atoms. The van der Waals surface area contributed by atoms with E-state index >= 15 is 0 Å². The standard InChI is InChI=1S/C22H12BrN3S/c23-14-7-5-6-13(12-14)19-15-8-1-2-9-16(15)20-21(24-19)26-17-10-3-4-11-18(17)27-22(26)25-20/h1-12H. The zero-order valence-electron chi connectivity index (χ0n) is 14.1. The molecule has 3 nitrogen and oxygen atoms in total. The maximum absolute atomic E-state index is 5.11. The number of hydrogen-bond acceptors (Lipinski definition) is 3. The van der Waals surface area contributed by atoms with Crippen molar-refractivity contribution in [3.8, 4) is 11.3 Å². The number of benzene rings is 3. The smallest absolute Gasteiger partial charge is 0.197 e. The first-order valence-electron chi connectivity index (χ1n) is 8.64. The van der Waals surface area contributed by atoms with E-state index in [0.29, 0.717) is 0 Å². The Bertz CT molecular complexity index is 1500. The predicted molar refractivity (Wildman–Crippen MR) is 117 cm³/mol.